The first-order chi connectivity index (χ1) is 16.2. The number of fused-ring (bicyclic) bond motifs is 1. The predicted octanol–water partition coefficient (Wildman–Crippen LogP) is 3.70. The number of aliphatic imine (C=N–C) groups is 1. The standard InChI is InChI=1S/C23H32F2N6O2S/c1-23(24,25)15-33-22-28-19-14-31(10-8-20(19)34-22)9-7-16-3-5-17(6-4-16)12-26-21(32)11-18-13-27-30(2)29-18/h12-13,16-17H,3-11,14-15H2,1-2H3/b26-12+. The molecule has 0 unspecified atom stereocenters. The maximum atomic E-state index is 13.0. The number of carbonyl (C=O) groups is 1. The SMILES string of the molecule is Cn1ncc(CC(=O)/N=C/C2CCC(CCN3CCc4sc(OCC(C)(F)F)nc4C3)CC2)n1. The summed E-state index contributed by atoms with van der Waals surface area (Å²) in [5.74, 6) is -1.98. The molecule has 34 heavy (non-hydrogen) atoms. The molecule has 0 spiro atoms. The fourth-order valence-corrected chi connectivity index (χ4v) is 5.42. The van der Waals surface area contributed by atoms with Crippen LogP contribution in [-0.4, -0.2) is 62.6 Å². The number of amides is 1. The first-order valence-corrected chi connectivity index (χ1v) is 12.7. The van der Waals surface area contributed by atoms with Crippen molar-refractivity contribution in [3.8, 4) is 5.19 Å². The van der Waals surface area contributed by atoms with Crippen LogP contribution in [0.5, 0.6) is 5.19 Å². The third-order valence-corrected chi connectivity index (χ3v) is 7.46. The zero-order chi connectivity index (χ0) is 24.1. The molecule has 1 fully saturated rings. The highest BCUT2D eigenvalue weighted by Gasteiger charge is 2.26. The Kier molecular flexibility index (Phi) is 8.02. The van der Waals surface area contributed by atoms with Gasteiger partial charge in [-0.1, -0.05) is 11.3 Å². The zero-order valence-corrected chi connectivity index (χ0v) is 20.6. The summed E-state index contributed by atoms with van der Waals surface area (Å²) in [5.41, 5.74) is 1.61. The average molecular weight is 495 g/mol. The van der Waals surface area contributed by atoms with Gasteiger partial charge in [0.2, 0.25) is 0 Å². The minimum absolute atomic E-state index is 0.175. The van der Waals surface area contributed by atoms with Gasteiger partial charge in [-0.15, -0.1) is 0 Å². The van der Waals surface area contributed by atoms with Crippen molar-refractivity contribution in [2.24, 2.45) is 23.9 Å². The number of ether oxygens (including phenoxy) is 1. The molecule has 0 aromatic carbocycles. The molecule has 0 saturated heterocycles. The maximum absolute atomic E-state index is 13.0. The molecule has 3 heterocycles. The van der Waals surface area contributed by atoms with Crippen LogP contribution in [0.15, 0.2) is 11.2 Å². The lowest BCUT2D eigenvalue weighted by molar-refractivity contribution is -0.117. The van der Waals surface area contributed by atoms with Crippen molar-refractivity contribution in [1.82, 2.24) is 24.9 Å². The molecule has 8 nitrogen and oxygen atoms in total. The van der Waals surface area contributed by atoms with E-state index in [1.807, 2.05) is 6.21 Å². The molecule has 1 saturated carbocycles. The molecule has 2 aromatic rings. The highest BCUT2D eigenvalue weighted by molar-refractivity contribution is 7.13. The third kappa shape index (κ3) is 7.36. The van der Waals surface area contributed by atoms with Crippen LogP contribution in [0.1, 0.15) is 55.3 Å². The minimum Gasteiger partial charge on any atom is -0.464 e. The molecule has 186 valence electrons. The van der Waals surface area contributed by atoms with Gasteiger partial charge in [0.15, 0.2) is 6.61 Å². The molecule has 0 radical (unpaired) electrons. The van der Waals surface area contributed by atoms with E-state index in [1.54, 1.807) is 13.2 Å². The Balaban J connectivity index is 1.15. The van der Waals surface area contributed by atoms with Gasteiger partial charge in [-0.25, -0.2) is 18.8 Å². The topological polar surface area (TPSA) is 85.5 Å². The molecule has 1 aliphatic carbocycles. The van der Waals surface area contributed by atoms with Crippen molar-refractivity contribution >= 4 is 23.5 Å². The van der Waals surface area contributed by atoms with Gasteiger partial charge < -0.3 is 4.74 Å². The van der Waals surface area contributed by atoms with E-state index in [4.69, 9.17) is 4.74 Å². The molecule has 0 N–H and O–H groups in total. The van der Waals surface area contributed by atoms with Crippen LogP contribution in [-0.2, 0) is 31.2 Å². The number of thiazole rings is 1. The van der Waals surface area contributed by atoms with Gasteiger partial charge in [0, 0.05) is 38.2 Å². The van der Waals surface area contributed by atoms with E-state index in [0.717, 1.165) is 75.7 Å². The van der Waals surface area contributed by atoms with Gasteiger partial charge in [0.1, 0.15) is 0 Å². The molecule has 0 bridgehead atoms. The van der Waals surface area contributed by atoms with E-state index in [-0.39, 0.29) is 12.3 Å². The molecular weight excluding hydrogens is 462 g/mol. The average Bonchev–Trinajstić information content (AvgIpc) is 3.40. The monoisotopic (exact) mass is 494 g/mol. The number of aryl methyl sites for hydroxylation is 1. The van der Waals surface area contributed by atoms with Crippen LogP contribution in [0.25, 0.3) is 0 Å². The first-order valence-electron chi connectivity index (χ1n) is 11.9. The molecule has 4 rings (SSSR count). The van der Waals surface area contributed by atoms with Crippen molar-refractivity contribution in [3.05, 3.63) is 22.5 Å². The van der Waals surface area contributed by atoms with E-state index >= 15 is 0 Å². The van der Waals surface area contributed by atoms with E-state index in [1.165, 1.54) is 16.1 Å². The van der Waals surface area contributed by atoms with Gasteiger partial charge in [-0.2, -0.15) is 15.0 Å². The van der Waals surface area contributed by atoms with Crippen LogP contribution in [0.4, 0.5) is 8.78 Å². The summed E-state index contributed by atoms with van der Waals surface area (Å²) >= 11 is 1.40. The quantitative estimate of drug-likeness (QED) is 0.494. The molecule has 11 heteroatoms. The van der Waals surface area contributed by atoms with Crippen LogP contribution < -0.4 is 4.74 Å². The van der Waals surface area contributed by atoms with E-state index in [9.17, 15) is 13.6 Å². The summed E-state index contributed by atoms with van der Waals surface area (Å²) in [7, 11) is 1.72. The Morgan fingerprint density at radius 3 is 2.85 bits per heavy atom. The molecule has 0 atom stereocenters. The number of aromatic nitrogens is 4. The Labute approximate surface area is 202 Å². The number of rotatable bonds is 9. The highest BCUT2D eigenvalue weighted by atomic mass is 32.1. The second-order valence-corrected chi connectivity index (χ2v) is 10.5. The van der Waals surface area contributed by atoms with Crippen LogP contribution in [0.3, 0.4) is 0 Å². The van der Waals surface area contributed by atoms with E-state index < -0.39 is 12.5 Å². The van der Waals surface area contributed by atoms with Crippen molar-refractivity contribution in [2.75, 3.05) is 19.7 Å². The van der Waals surface area contributed by atoms with E-state index in [0.29, 0.717) is 22.7 Å². The molecule has 1 amide bonds. The summed E-state index contributed by atoms with van der Waals surface area (Å²) < 4.78 is 31.3. The second kappa shape index (κ2) is 11.0. The first kappa shape index (κ1) is 24.8. The molecule has 2 aliphatic rings. The van der Waals surface area contributed by atoms with Gasteiger partial charge >= 0.3 is 0 Å². The third-order valence-electron chi connectivity index (χ3n) is 6.39. The van der Waals surface area contributed by atoms with E-state index in [2.05, 4.69) is 25.1 Å². The largest absolute Gasteiger partial charge is 0.464 e. The number of hydrogen-bond donors (Lipinski definition) is 0. The Morgan fingerprint density at radius 1 is 1.35 bits per heavy atom. The van der Waals surface area contributed by atoms with Crippen molar-refractivity contribution in [3.63, 3.8) is 0 Å². The highest BCUT2D eigenvalue weighted by Crippen LogP contribution is 2.33. The van der Waals surface area contributed by atoms with Crippen molar-refractivity contribution in [2.45, 2.75) is 64.3 Å². The fourth-order valence-electron chi connectivity index (χ4n) is 4.52. The van der Waals surface area contributed by atoms with Crippen molar-refractivity contribution in [1.29, 1.82) is 0 Å². The molecular formula is C23H32F2N6O2S. The predicted molar refractivity (Wildman–Crippen MR) is 125 cm³/mol. The minimum atomic E-state index is -2.85. The van der Waals surface area contributed by atoms with Gasteiger partial charge in [0.25, 0.3) is 17.0 Å². The Morgan fingerprint density at radius 2 is 2.15 bits per heavy atom. The van der Waals surface area contributed by atoms with Gasteiger partial charge in [-0.3, -0.25) is 9.69 Å². The summed E-state index contributed by atoms with van der Waals surface area (Å²) in [6, 6.07) is 0. The lowest BCUT2D eigenvalue weighted by Crippen LogP contribution is -2.32. The Bertz CT molecular complexity index is 994. The van der Waals surface area contributed by atoms with Crippen LogP contribution in [0, 0.1) is 11.8 Å². The smallest absolute Gasteiger partial charge is 0.278 e. The lowest BCUT2D eigenvalue weighted by Gasteiger charge is -2.30. The maximum Gasteiger partial charge on any atom is 0.278 e. The number of halogens is 2. The summed E-state index contributed by atoms with van der Waals surface area (Å²) in [6.45, 7) is 2.96. The summed E-state index contributed by atoms with van der Waals surface area (Å²) in [6.07, 6.45) is 10.1. The number of alkyl halides is 2. The number of carbonyl (C=O) groups excluding carboxylic acids is 1. The number of nitrogens with zero attached hydrogens (tertiary/aromatic N) is 6. The van der Waals surface area contributed by atoms with Gasteiger partial charge in [0.05, 0.1) is 24.0 Å². The number of hydrogen-bond acceptors (Lipinski definition) is 7. The molecule has 1 aliphatic heterocycles. The molecule has 2 aromatic heterocycles. The Hall–Kier alpha value is -2.27. The zero-order valence-electron chi connectivity index (χ0n) is 19.8. The summed E-state index contributed by atoms with van der Waals surface area (Å²) in [5, 5.41) is 8.44. The van der Waals surface area contributed by atoms with Crippen molar-refractivity contribution < 1.29 is 18.3 Å². The normalized spacial score (nSPS) is 21.6. The second-order valence-electron chi connectivity index (χ2n) is 9.48. The lowest BCUT2D eigenvalue weighted by atomic mass is 9.81. The summed E-state index contributed by atoms with van der Waals surface area (Å²) in [4.78, 5) is 25.6. The van der Waals surface area contributed by atoms with Crippen LogP contribution in [0.2, 0.25) is 0 Å². The fraction of sp³-hybridized carbons (Fsp3) is 0.696. The van der Waals surface area contributed by atoms with Crippen LogP contribution >= 0.6 is 11.3 Å². The van der Waals surface area contributed by atoms with Gasteiger partial charge in [-0.05, 0) is 56.9 Å².